The highest BCUT2D eigenvalue weighted by Gasteiger charge is 1.95. The Bertz CT molecular complexity index is 150. The molecule has 0 saturated heterocycles. The number of rotatable bonds is 6. The van der Waals surface area contributed by atoms with Gasteiger partial charge in [-0.15, -0.1) is 0 Å². The average molecular weight is 169 g/mol. The van der Waals surface area contributed by atoms with Gasteiger partial charge in [-0.2, -0.15) is 0 Å². The monoisotopic (exact) mass is 169 g/mol. The lowest BCUT2D eigenvalue weighted by molar-refractivity contribution is -0.105. The molecule has 0 bridgehead atoms. The average Bonchev–Trinajstić information content (AvgIpc) is 2.02. The van der Waals surface area contributed by atoms with Crippen molar-refractivity contribution >= 4 is 6.29 Å². The zero-order valence-electron chi connectivity index (χ0n) is 8.34. The van der Waals surface area contributed by atoms with Crippen LogP contribution in [0, 0.1) is 0 Å². The molecule has 0 saturated carbocycles. The lowest BCUT2D eigenvalue weighted by Gasteiger charge is -2.06. The van der Waals surface area contributed by atoms with E-state index in [0.717, 1.165) is 24.7 Å². The van der Waals surface area contributed by atoms with Crippen molar-refractivity contribution in [1.29, 1.82) is 0 Å². The Kier molecular flexibility index (Phi) is 6.44. The topological polar surface area (TPSA) is 20.3 Å². The largest absolute Gasteiger partial charge is 0.383 e. The van der Waals surface area contributed by atoms with E-state index in [4.69, 9.17) is 0 Å². The Labute approximate surface area is 75.3 Å². The van der Waals surface area contributed by atoms with Crippen LogP contribution in [0.4, 0.5) is 0 Å². The first-order chi connectivity index (χ1) is 5.70. The second kappa shape index (κ2) is 6.89. The van der Waals surface area contributed by atoms with Crippen molar-refractivity contribution in [1.82, 2.24) is 4.90 Å². The molecule has 0 unspecified atom stereocenters. The molecular weight excluding hydrogens is 150 g/mol. The third-order valence-electron chi connectivity index (χ3n) is 1.64. The van der Waals surface area contributed by atoms with Crippen LogP contribution in [0.1, 0.15) is 32.6 Å². The van der Waals surface area contributed by atoms with Gasteiger partial charge < -0.3 is 4.90 Å². The van der Waals surface area contributed by atoms with Crippen LogP contribution in [0.25, 0.3) is 0 Å². The van der Waals surface area contributed by atoms with E-state index in [2.05, 4.69) is 6.92 Å². The molecule has 0 aromatic heterocycles. The maximum absolute atomic E-state index is 10.5. The normalized spacial score (nSPS) is 11.4. The van der Waals surface area contributed by atoms with Crippen LogP contribution in [0.15, 0.2) is 11.8 Å². The molecule has 2 heteroatoms. The molecule has 0 aromatic carbocycles. The first kappa shape index (κ1) is 11.2. The number of unbranched alkanes of at least 4 members (excludes halogenated alkanes) is 2. The minimum atomic E-state index is 0.897. The van der Waals surface area contributed by atoms with Gasteiger partial charge in [0.05, 0.1) is 0 Å². The quantitative estimate of drug-likeness (QED) is 0.345. The van der Waals surface area contributed by atoms with Crippen molar-refractivity contribution in [2.24, 2.45) is 0 Å². The van der Waals surface area contributed by atoms with Crippen LogP contribution in [-0.2, 0) is 4.79 Å². The van der Waals surface area contributed by atoms with Gasteiger partial charge in [0, 0.05) is 25.9 Å². The number of carbonyl (C=O) groups excluding carboxylic acids is 1. The number of allylic oxidation sites excluding steroid dienone is 1. The van der Waals surface area contributed by atoms with Crippen LogP contribution in [0.5, 0.6) is 0 Å². The third-order valence-corrected chi connectivity index (χ3v) is 1.64. The predicted molar refractivity (Wildman–Crippen MR) is 52.0 cm³/mol. The molecule has 0 radical (unpaired) electrons. The maximum atomic E-state index is 10.5. The fraction of sp³-hybridized carbons (Fsp3) is 0.700. The summed E-state index contributed by atoms with van der Waals surface area (Å²) < 4.78 is 0. The van der Waals surface area contributed by atoms with Crippen LogP contribution in [0.2, 0.25) is 0 Å². The van der Waals surface area contributed by atoms with Gasteiger partial charge in [-0.05, 0) is 12.8 Å². The zero-order chi connectivity index (χ0) is 9.40. The zero-order valence-corrected chi connectivity index (χ0v) is 8.34. The number of carbonyl (C=O) groups is 1. The van der Waals surface area contributed by atoms with Crippen LogP contribution >= 0.6 is 0 Å². The van der Waals surface area contributed by atoms with E-state index in [0.29, 0.717) is 0 Å². The molecule has 0 fully saturated rings. The van der Waals surface area contributed by atoms with E-state index in [1.54, 1.807) is 0 Å². The van der Waals surface area contributed by atoms with Crippen LogP contribution in [0.3, 0.4) is 0 Å². The summed E-state index contributed by atoms with van der Waals surface area (Å²) in [4.78, 5) is 12.5. The smallest absolute Gasteiger partial charge is 0.147 e. The molecule has 0 rings (SSSR count). The standard InChI is InChI=1S/C10H19NO/c1-4-5-6-7-10(9-12)8-11(2)3/h8-9H,4-7H2,1-3H3/b10-8+. The van der Waals surface area contributed by atoms with Crippen molar-refractivity contribution in [2.45, 2.75) is 32.6 Å². The van der Waals surface area contributed by atoms with E-state index < -0.39 is 0 Å². The van der Waals surface area contributed by atoms with Gasteiger partial charge in [0.25, 0.3) is 0 Å². The minimum absolute atomic E-state index is 0.897. The van der Waals surface area contributed by atoms with Crippen LogP contribution in [-0.4, -0.2) is 25.3 Å². The molecule has 0 N–H and O–H groups in total. The highest BCUT2D eigenvalue weighted by atomic mass is 16.1. The van der Waals surface area contributed by atoms with Gasteiger partial charge in [-0.1, -0.05) is 19.8 Å². The van der Waals surface area contributed by atoms with Crippen molar-refractivity contribution in [3.63, 3.8) is 0 Å². The second-order valence-corrected chi connectivity index (χ2v) is 3.24. The number of hydrogen-bond acceptors (Lipinski definition) is 2. The van der Waals surface area contributed by atoms with Gasteiger partial charge in [0.2, 0.25) is 0 Å². The first-order valence-corrected chi connectivity index (χ1v) is 4.53. The van der Waals surface area contributed by atoms with Crippen LogP contribution < -0.4 is 0 Å². The summed E-state index contributed by atoms with van der Waals surface area (Å²) in [5.74, 6) is 0. The Morgan fingerprint density at radius 1 is 1.33 bits per heavy atom. The molecule has 0 aromatic rings. The third kappa shape index (κ3) is 5.96. The summed E-state index contributed by atoms with van der Waals surface area (Å²) >= 11 is 0. The maximum Gasteiger partial charge on any atom is 0.147 e. The fourth-order valence-electron chi connectivity index (χ4n) is 1.06. The van der Waals surface area contributed by atoms with Gasteiger partial charge in [0.15, 0.2) is 0 Å². The SMILES string of the molecule is CCCCC/C(C=O)=C\N(C)C. The summed E-state index contributed by atoms with van der Waals surface area (Å²) in [5, 5.41) is 0. The summed E-state index contributed by atoms with van der Waals surface area (Å²) in [6.45, 7) is 2.16. The molecule has 0 aliphatic carbocycles. The van der Waals surface area contributed by atoms with Crippen molar-refractivity contribution in [3.8, 4) is 0 Å². The summed E-state index contributed by atoms with van der Waals surface area (Å²) in [6.07, 6.45) is 7.29. The van der Waals surface area contributed by atoms with E-state index in [-0.39, 0.29) is 0 Å². The molecule has 0 amide bonds. The van der Waals surface area contributed by atoms with Gasteiger partial charge in [-0.3, -0.25) is 4.79 Å². The summed E-state index contributed by atoms with van der Waals surface area (Å²) in [6, 6.07) is 0. The Morgan fingerprint density at radius 3 is 2.42 bits per heavy atom. The summed E-state index contributed by atoms with van der Waals surface area (Å²) in [7, 11) is 3.87. The van der Waals surface area contributed by atoms with Gasteiger partial charge in [0.1, 0.15) is 6.29 Å². The van der Waals surface area contributed by atoms with E-state index in [1.165, 1.54) is 12.8 Å². The number of nitrogens with zero attached hydrogens (tertiary/aromatic N) is 1. The Morgan fingerprint density at radius 2 is 2.00 bits per heavy atom. The molecule has 0 spiro atoms. The van der Waals surface area contributed by atoms with Crippen molar-refractivity contribution < 1.29 is 4.79 Å². The number of aldehydes is 1. The molecule has 12 heavy (non-hydrogen) atoms. The van der Waals surface area contributed by atoms with E-state index in [1.807, 2.05) is 25.2 Å². The highest BCUT2D eigenvalue weighted by molar-refractivity contribution is 5.72. The molecular formula is C10H19NO. The fourth-order valence-corrected chi connectivity index (χ4v) is 1.06. The van der Waals surface area contributed by atoms with Gasteiger partial charge >= 0.3 is 0 Å². The molecule has 0 aliphatic heterocycles. The van der Waals surface area contributed by atoms with Crippen molar-refractivity contribution in [2.75, 3.05) is 14.1 Å². The Balaban J connectivity index is 3.75. The predicted octanol–water partition coefficient (Wildman–Crippen LogP) is 2.21. The van der Waals surface area contributed by atoms with E-state index >= 15 is 0 Å². The van der Waals surface area contributed by atoms with Gasteiger partial charge in [-0.25, -0.2) is 0 Å². The molecule has 0 aliphatic rings. The minimum Gasteiger partial charge on any atom is -0.383 e. The lowest BCUT2D eigenvalue weighted by atomic mass is 10.1. The molecule has 0 atom stereocenters. The molecule has 70 valence electrons. The van der Waals surface area contributed by atoms with E-state index in [9.17, 15) is 4.79 Å². The Hall–Kier alpha value is -0.790. The second-order valence-electron chi connectivity index (χ2n) is 3.24. The summed E-state index contributed by atoms with van der Waals surface area (Å²) in [5.41, 5.74) is 0.897. The van der Waals surface area contributed by atoms with Crippen molar-refractivity contribution in [3.05, 3.63) is 11.8 Å². The molecule has 2 nitrogen and oxygen atoms in total. The first-order valence-electron chi connectivity index (χ1n) is 4.53. The highest BCUT2D eigenvalue weighted by Crippen LogP contribution is 2.06. The molecule has 0 heterocycles. The lowest BCUT2D eigenvalue weighted by Crippen LogP contribution is -2.03. The number of hydrogen-bond donors (Lipinski definition) is 0.